The van der Waals surface area contributed by atoms with Crippen molar-refractivity contribution in [2.24, 2.45) is 0 Å². The number of carbonyl (C=O) groups is 1. The van der Waals surface area contributed by atoms with Gasteiger partial charge in [0.15, 0.2) is 12.6 Å². The minimum Gasteiger partial charge on any atom is -0.547 e. The molecule has 0 spiro atoms. The molecule has 12 heteroatoms. The zero-order valence-corrected chi connectivity index (χ0v) is 17.4. The number of hydrogen-bond donors (Lipinski definition) is 5. The average Bonchev–Trinajstić information content (AvgIpc) is 2.60. The monoisotopic (exact) mass is 404 g/mol. The summed E-state index contributed by atoms with van der Waals surface area (Å²) in [6, 6.07) is 0. The summed E-state index contributed by atoms with van der Waals surface area (Å²) in [6.45, 7) is 3.60. The summed E-state index contributed by atoms with van der Waals surface area (Å²) in [4.78, 5) is 11.0. The fourth-order valence-electron chi connectivity index (χ4n) is 2.83. The Balaban J connectivity index is 0.00000364. The van der Waals surface area contributed by atoms with Crippen molar-refractivity contribution in [1.29, 1.82) is 0 Å². The quantitative estimate of drug-likeness (QED) is 0.266. The zero-order chi connectivity index (χ0) is 19.6. The van der Waals surface area contributed by atoms with E-state index in [2.05, 4.69) is 0 Å². The molecule has 0 aromatic carbocycles. The third-order valence-electron chi connectivity index (χ3n) is 4.36. The average molecular weight is 404 g/mol. The van der Waals surface area contributed by atoms with Gasteiger partial charge in [-0.2, -0.15) is 0 Å². The van der Waals surface area contributed by atoms with Crippen molar-refractivity contribution in [1.82, 2.24) is 0 Å². The molecule has 2 heterocycles. The summed E-state index contributed by atoms with van der Waals surface area (Å²) in [5.74, 6) is -1.81. The minimum atomic E-state index is -1.96. The van der Waals surface area contributed by atoms with Gasteiger partial charge in [-0.05, 0) is 13.3 Å². The summed E-state index contributed by atoms with van der Waals surface area (Å²) >= 11 is 0. The van der Waals surface area contributed by atoms with Gasteiger partial charge in [-0.25, -0.2) is 0 Å². The molecule has 10 atom stereocenters. The number of aliphatic hydroxyl groups excluding tert-OH is 5. The Morgan fingerprint density at radius 3 is 2.15 bits per heavy atom. The molecule has 2 fully saturated rings. The molecule has 0 aliphatic carbocycles. The van der Waals surface area contributed by atoms with Gasteiger partial charge in [-0.15, -0.1) is 0 Å². The number of carbonyl (C=O) groups excluding carboxylic acids is 1. The molecular formula is C15H25NaO11. The fraction of sp³-hybridized carbons (Fsp3) is 0.933. The Morgan fingerprint density at radius 1 is 0.963 bits per heavy atom. The van der Waals surface area contributed by atoms with Crippen molar-refractivity contribution < 1.29 is 83.9 Å². The molecule has 2 saturated heterocycles. The standard InChI is InChI=1S/C15H26O11.Na/c1-3-4-23-15-12(8(18)6(16)5(2)24-15)26-14-10(20)7(17)9(19)11(25-14)13(21)22;/h5-12,14-20H,3-4H2,1-2H3,(H,21,22);/q;+1/p-1/t5-,6+,7-,8+,9-,10+,11-,12-,14+,15+;/m0./s1. The van der Waals surface area contributed by atoms with Crippen LogP contribution in [0.1, 0.15) is 20.3 Å². The number of ether oxygens (including phenoxy) is 4. The summed E-state index contributed by atoms with van der Waals surface area (Å²) in [6.07, 6.45) is -14.8. The second-order valence-electron chi connectivity index (χ2n) is 6.38. The van der Waals surface area contributed by atoms with Gasteiger partial charge in [0.1, 0.15) is 42.7 Å². The second-order valence-corrected chi connectivity index (χ2v) is 6.38. The molecule has 5 N–H and O–H groups in total. The van der Waals surface area contributed by atoms with Crippen molar-refractivity contribution in [3.05, 3.63) is 0 Å². The van der Waals surface area contributed by atoms with E-state index in [4.69, 9.17) is 18.9 Å². The molecule has 2 aliphatic rings. The fourth-order valence-corrected chi connectivity index (χ4v) is 2.83. The summed E-state index contributed by atoms with van der Waals surface area (Å²) < 4.78 is 21.2. The first kappa shape index (κ1) is 25.1. The van der Waals surface area contributed by atoms with Crippen LogP contribution >= 0.6 is 0 Å². The first-order chi connectivity index (χ1) is 12.2. The van der Waals surface area contributed by atoms with Crippen LogP contribution in [-0.4, -0.2) is 99.5 Å². The van der Waals surface area contributed by atoms with E-state index < -0.39 is 67.4 Å². The first-order valence-electron chi connectivity index (χ1n) is 8.38. The van der Waals surface area contributed by atoms with Gasteiger partial charge in [0, 0.05) is 6.61 Å². The molecule has 152 valence electrons. The second kappa shape index (κ2) is 10.8. The summed E-state index contributed by atoms with van der Waals surface area (Å²) in [5, 5.41) is 60.8. The molecule has 2 rings (SSSR count). The number of hydrogen-bond acceptors (Lipinski definition) is 11. The van der Waals surface area contributed by atoms with Crippen molar-refractivity contribution in [2.45, 2.75) is 81.7 Å². The van der Waals surface area contributed by atoms with Crippen LogP contribution in [0, 0.1) is 0 Å². The van der Waals surface area contributed by atoms with Crippen LogP contribution in [0.5, 0.6) is 0 Å². The van der Waals surface area contributed by atoms with Gasteiger partial charge in [-0.1, -0.05) is 6.92 Å². The van der Waals surface area contributed by atoms with Gasteiger partial charge in [0.2, 0.25) is 0 Å². The van der Waals surface area contributed by atoms with Gasteiger partial charge in [0.05, 0.1) is 12.1 Å². The van der Waals surface area contributed by atoms with Crippen LogP contribution in [0.15, 0.2) is 0 Å². The van der Waals surface area contributed by atoms with Crippen LogP contribution in [0.25, 0.3) is 0 Å². The third-order valence-corrected chi connectivity index (χ3v) is 4.36. The SMILES string of the molecule is CCCO[C@@H]1O[C@@H](C)[C@@H](O)[C@@H](O)[C@@H]1O[C@H]1O[C@H](C(=O)[O-])[C@@H](O)[C@H](O)[C@H]1O.[Na+]. The number of aliphatic carboxylic acids is 1. The summed E-state index contributed by atoms with van der Waals surface area (Å²) in [7, 11) is 0. The molecule has 0 aromatic heterocycles. The van der Waals surface area contributed by atoms with Crippen molar-refractivity contribution in [3.63, 3.8) is 0 Å². The number of carboxylic acid groups (broad SMARTS) is 1. The molecule has 0 amide bonds. The zero-order valence-electron chi connectivity index (χ0n) is 15.4. The Hall–Kier alpha value is 0.110. The topological polar surface area (TPSA) is 178 Å². The van der Waals surface area contributed by atoms with E-state index in [1.54, 1.807) is 0 Å². The number of carboxylic acids is 1. The van der Waals surface area contributed by atoms with Crippen LogP contribution in [0.2, 0.25) is 0 Å². The summed E-state index contributed by atoms with van der Waals surface area (Å²) in [5.41, 5.74) is 0. The predicted molar refractivity (Wildman–Crippen MR) is 79.2 cm³/mol. The predicted octanol–water partition coefficient (Wildman–Crippen LogP) is -7.17. The van der Waals surface area contributed by atoms with Gasteiger partial charge in [-0.3, -0.25) is 0 Å². The Kier molecular flexibility index (Phi) is 10.0. The molecule has 0 aromatic rings. The Labute approximate surface area is 178 Å². The van der Waals surface area contributed by atoms with Gasteiger partial charge < -0.3 is 54.4 Å². The minimum absolute atomic E-state index is 0. The van der Waals surface area contributed by atoms with Gasteiger partial charge >= 0.3 is 29.6 Å². The smallest absolute Gasteiger partial charge is 0.547 e. The van der Waals surface area contributed by atoms with E-state index in [0.29, 0.717) is 6.42 Å². The van der Waals surface area contributed by atoms with Crippen LogP contribution < -0.4 is 34.7 Å². The number of rotatable bonds is 6. The normalized spacial score (nSPS) is 45.1. The van der Waals surface area contributed by atoms with Crippen LogP contribution in [-0.2, 0) is 23.7 Å². The van der Waals surface area contributed by atoms with E-state index in [1.807, 2.05) is 6.92 Å². The molecule has 0 bridgehead atoms. The van der Waals surface area contributed by atoms with Crippen molar-refractivity contribution in [2.75, 3.05) is 6.61 Å². The van der Waals surface area contributed by atoms with Gasteiger partial charge in [0.25, 0.3) is 0 Å². The Bertz CT molecular complexity index is 481. The Morgan fingerprint density at radius 2 is 1.59 bits per heavy atom. The van der Waals surface area contributed by atoms with E-state index >= 15 is 0 Å². The van der Waals surface area contributed by atoms with Crippen LogP contribution in [0.3, 0.4) is 0 Å². The molecule has 2 aliphatic heterocycles. The maximum Gasteiger partial charge on any atom is 1.00 e. The van der Waals surface area contributed by atoms with E-state index in [9.17, 15) is 35.4 Å². The molecule has 0 unspecified atom stereocenters. The number of aliphatic hydroxyl groups is 5. The molecule has 11 nitrogen and oxygen atoms in total. The largest absolute Gasteiger partial charge is 1.00 e. The van der Waals surface area contributed by atoms with E-state index in [0.717, 1.165) is 0 Å². The molecule has 27 heavy (non-hydrogen) atoms. The third kappa shape index (κ3) is 5.59. The molecule has 0 radical (unpaired) electrons. The maximum absolute atomic E-state index is 11.0. The van der Waals surface area contributed by atoms with Crippen molar-refractivity contribution in [3.8, 4) is 0 Å². The van der Waals surface area contributed by atoms with E-state index in [1.165, 1.54) is 6.92 Å². The van der Waals surface area contributed by atoms with Crippen molar-refractivity contribution >= 4 is 5.97 Å². The molecule has 0 saturated carbocycles. The molecular weight excluding hydrogens is 379 g/mol. The van der Waals surface area contributed by atoms with E-state index in [-0.39, 0.29) is 36.2 Å². The first-order valence-corrected chi connectivity index (χ1v) is 8.38. The van der Waals surface area contributed by atoms with Crippen LogP contribution in [0.4, 0.5) is 0 Å². The maximum atomic E-state index is 11.0.